The van der Waals surface area contributed by atoms with Crippen molar-refractivity contribution in [2.75, 3.05) is 29.2 Å². The monoisotopic (exact) mass is 545 g/mol. The molecule has 0 saturated heterocycles. The highest BCUT2D eigenvalue weighted by atomic mass is 19.4. The van der Waals surface area contributed by atoms with Gasteiger partial charge in [0.25, 0.3) is 0 Å². The topological polar surface area (TPSA) is 103 Å². The number of nitrogen functional groups attached to an aromatic ring is 1. The highest BCUT2D eigenvalue weighted by Crippen LogP contribution is 2.46. The van der Waals surface area contributed by atoms with E-state index < -0.39 is 36.0 Å². The summed E-state index contributed by atoms with van der Waals surface area (Å²) in [4.78, 5) is 25.1. The zero-order chi connectivity index (χ0) is 27.9. The standard InChI is InChI=1S/C27H23F4N3O5/c1-2-24(35)39-23-13-37-22-11-15(7-8-17(22)23)34(26(36)27(29,30)31)21-12-38-25-16(21)4-3-5-19(25)33-20-10-14(28)6-9-18(20)32/h3-11,21,23,33H,2,12-13,32H2,1H3/t21-,23-/m1/s1. The molecule has 2 aliphatic rings. The summed E-state index contributed by atoms with van der Waals surface area (Å²) in [6.07, 6.45) is -5.73. The summed E-state index contributed by atoms with van der Waals surface area (Å²) in [5.74, 6) is -2.67. The normalized spacial score (nSPS) is 17.5. The minimum Gasteiger partial charge on any atom is -0.489 e. The van der Waals surface area contributed by atoms with Crippen LogP contribution in [0, 0.1) is 5.82 Å². The molecular formula is C27H23F4N3O5. The highest BCUT2D eigenvalue weighted by Gasteiger charge is 2.48. The van der Waals surface area contributed by atoms with Crippen LogP contribution >= 0.6 is 0 Å². The number of nitrogens with one attached hydrogen (secondary N) is 1. The van der Waals surface area contributed by atoms with Crippen LogP contribution in [0.5, 0.6) is 11.5 Å². The summed E-state index contributed by atoms with van der Waals surface area (Å²) in [5, 5.41) is 2.95. The number of hydrogen-bond donors (Lipinski definition) is 2. The SMILES string of the molecule is CCC(=O)O[C@@H]1COc2cc(N(C(=O)C(F)(F)F)[C@@H]3COc4c(Nc5cc(F)ccc5N)cccc43)ccc21. The van der Waals surface area contributed by atoms with E-state index in [4.69, 9.17) is 19.9 Å². The summed E-state index contributed by atoms with van der Waals surface area (Å²) in [5.41, 5.74) is 7.47. The third-order valence-corrected chi connectivity index (χ3v) is 6.42. The second kappa shape index (κ2) is 10.0. The molecule has 0 fully saturated rings. The first-order valence-corrected chi connectivity index (χ1v) is 12.0. The van der Waals surface area contributed by atoms with Gasteiger partial charge in [0, 0.05) is 29.3 Å². The average Bonchev–Trinajstić information content (AvgIpc) is 3.50. The Morgan fingerprint density at radius 2 is 1.85 bits per heavy atom. The van der Waals surface area contributed by atoms with Gasteiger partial charge in [-0.1, -0.05) is 19.1 Å². The highest BCUT2D eigenvalue weighted by molar-refractivity contribution is 5.98. The molecule has 3 N–H and O–H groups in total. The number of amides is 1. The van der Waals surface area contributed by atoms with Crippen molar-refractivity contribution in [3.8, 4) is 11.5 Å². The van der Waals surface area contributed by atoms with Crippen LogP contribution < -0.4 is 25.4 Å². The summed E-state index contributed by atoms with van der Waals surface area (Å²) in [7, 11) is 0. The number of carbonyl (C=O) groups excluding carboxylic acids is 2. The number of carbonyl (C=O) groups is 2. The average molecular weight is 545 g/mol. The molecule has 5 rings (SSSR count). The molecule has 12 heteroatoms. The molecule has 0 saturated carbocycles. The van der Waals surface area contributed by atoms with E-state index in [1.54, 1.807) is 25.1 Å². The van der Waals surface area contributed by atoms with Gasteiger partial charge in [0.15, 0.2) is 6.10 Å². The summed E-state index contributed by atoms with van der Waals surface area (Å²) in [6.45, 7) is 1.37. The fraction of sp³-hybridized carbons (Fsp3) is 0.259. The van der Waals surface area contributed by atoms with E-state index in [9.17, 15) is 27.2 Å². The fourth-order valence-corrected chi connectivity index (χ4v) is 4.56. The lowest BCUT2D eigenvalue weighted by molar-refractivity contribution is -0.171. The van der Waals surface area contributed by atoms with E-state index in [0.717, 1.165) is 0 Å². The molecule has 204 valence electrons. The molecule has 39 heavy (non-hydrogen) atoms. The molecule has 0 unspecified atom stereocenters. The van der Waals surface area contributed by atoms with Gasteiger partial charge in [-0.15, -0.1) is 0 Å². The van der Waals surface area contributed by atoms with Crippen molar-refractivity contribution in [2.24, 2.45) is 0 Å². The first-order valence-electron chi connectivity index (χ1n) is 12.0. The molecule has 0 radical (unpaired) electrons. The Hall–Kier alpha value is -4.48. The third-order valence-electron chi connectivity index (χ3n) is 6.42. The molecule has 0 spiro atoms. The summed E-state index contributed by atoms with van der Waals surface area (Å²) in [6, 6.07) is 11.5. The Bertz CT molecular complexity index is 1450. The Morgan fingerprint density at radius 1 is 1.05 bits per heavy atom. The molecule has 2 atom stereocenters. The lowest BCUT2D eigenvalue weighted by atomic mass is 10.0. The predicted molar refractivity (Wildman–Crippen MR) is 133 cm³/mol. The molecule has 0 aliphatic carbocycles. The second-order valence-corrected chi connectivity index (χ2v) is 8.95. The Labute approximate surface area is 220 Å². The van der Waals surface area contributed by atoms with Crippen molar-refractivity contribution in [1.82, 2.24) is 0 Å². The van der Waals surface area contributed by atoms with Crippen molar-refractivity contribution in [2.45, 2.75) is 31.7 Å². The number of fused-ring (bicyclic) bond motifs is 2. The van der Waals surface area contributed by atoms with Crippen molar-refractivity contribution in [3.63, 3.8) is 0 Å². The van der Waals surface area contributed by atoms with Crippen molar-refractivity contribution < 1.29 is 41.4 Å². The van der Waals surface area contributed by atoms with Crippen LogP contribution in [0.3, 0.4) is 0 Å². The number of alkyl halides is 3. The smallest absolute Gasteiger partial charge is 0.471 e. The molecule has 0 bridgehead atoms. The van der Waals surface area contributed by atoms with Gasteiger partial charge >= 0.3 is 18.1 Å². The van der Waals surface area contributed by atoms with Gasteiger partial charge in [0.2, 0.25) is 0 Å². The van der Waals surface area contributed by atoms with Crippen LogP contribution in [0.4, 0.5) is 40.3 Å². The third kappa shape index (κ3) is 5.01. The summed E-state index contributed by atoms with van der Waals surface area (Å²) < 4.78 is 71.8. The quantitative estimate of drug-likeness (QED) is 0.237. The predicted octanol–water partition coefficient (Wildman–Crippen LogP) is 5.57. The molecule has 8 nitrogen and oxygen atoms in total. The minimum atomic E-state index is -5.19. The lowest BCUT2D eigenvalue weighted by Crippen LogP contribution is -2.44. The minimum absolute atomic E-state index is 0.00532. The molecular weight excluding hydrogens is 522 g/mol. The maximum atomic E-state index is 13.8. The van der Waals surface area contributed by atoms with Crippen LogP contribution in [0.25, 0.3) is 0 Å². The Kier molecular flexibility index (Phi) is 6.71. The molecule has 2 heterocycles. The van der Waals surface area contributed by atoms with E-state index in [2.05, 4.69) is 5.32 Å². The number of nitrogens with zero attached hydrogens (tertiary/aromatic N) is 1. The number of para-hydroxylation sites is 1. The fourth-order valence-electron chi connectivity index (χ4n) is 4.56. The van der Waals surface area contributed by atoms with Crippen molar-refractivity contribution in [1.29, 1.82) is 0 Å². The van der Waals surface area contributed by atoms with E-state index in [0.29, 0.717) is 21.7 Å². The number of anilines is 4. The molecule has 2 aliphatic heterocycles. The maximum absolute atomic E-state index is 13.8. The number of halogens is 4. The largest absolute Gasteiger partial charge is 0.489 e. The molecule has 3 aromatic rings. The maximum Gasteiger partial charge on any atom is 0.471 e. The first kappa shape index (κ1) is 26.1. The van der Waals surface area contributed by atoms with Gasteiger partial charge in [-0.2, -0.15) is 13.2 Å². The summed E-state index contributed by atoms with van der Waals surface area (Å²) >= 11 is 0. The van der Waals surface area contributed by atoms with Crippen LogP contribution in [-0.2, 0) is 14.3 Å². The van der Waals surface area contributed by atoms with Gasteiger partial charge in [-0.05, 0) is 36.4 Å². The van der Waals surface area contributed by atoms with E-state index in [-0.39, 0.29) is 48.2 Å². The van der Waals surface area contributed by atoms with Crippen LogP contribution in [0.2, 0.25) is 0 Å². The van der Waals surface area contributed by atoms with Crippen LogP contribution in [-0.4, -0.2) is 31.3 Å². The number of esters is 1. The lowest BCUT2D eigenvalue weighted by Gasteiger charge is -2.29. The van der Waals surface area contributed by atoms with Crippen molar-refractivity contribution in [3.05, 3.63) is 71.5 Å². The van der Waals surface area contributed by atoms with Gasteiger partial charge in [0.05, 0.1) is 23.1 Å². The molecule has 3 aromatic carbocycles. The first-order chi connectivity index (χ1) is 18.6. The number of ether oxygens (including phenoxy) is 3. The number of nitrogens with two attached hydrogens (primary N) is 1. The van der Waals surface area contributed by atoms with Gasteiger partial charge in [0.1, 0.15) is 30.5 Å². The van der Waals surface area contributed by atoms with Crippen molar-refractivity contribution >= 4 is 34.6 Å². The number of benzene rings is 3. The Morgan fingerprint density at radius 3 is 2.59 bits per heavy atom. The Balaban J connectivity index is 1.51. The zero-order valence-corrected chi connectivity index (χ0v) is 20.5. The number of hydrogen-bond acceptors (Lipinski definition) is 7. The van der Waals surface area contributed by atoms with E-state index >= 15 is 0 Å². The molecule has 0 aromatic heterocycles. The molecule has 1 amide bonds. The van der Waals surface area contributed by atoms with E-state index in [1.165, 1.54) is 36.4 Å². The van der Waals surface area contributed by atoms with Gasteiger partial charge in [-0.25, -0.2) is 4.39 Å². The van der Waals surface area contributed by atoms with E-state index in [1.807, 2.05) is 0 Å². The van der Waals surface area contributed by atoms with Gasteiger partial charge in [-0.3, -0.25) is 14.5 Å². The van der Waals surface area contributed by atoms with Crippen LogP contribution in [0.15, 0.2) is 54.6 Å². The zero-order valence-electron chi connectivity index (χ0n) is 20.5. The van der Waals surface area contributed by atoms with Crippen LogP contribution in [0.1, 0.15) is 36.6 Å². The van der Waals surface area contributed by atoms with Gasteiger partial charge < -0.3 is 25.3 Å². The number of rotatable bonds is 6. The second-order valence-electron chi connectivity index (χ2n) is 8.95.